The zero-order chi connectivity index (χ0) is 19.4. The highest BCUT2D eigenvalue weighted by molar-refractivity contribution is 5.67. The molecule has 138 valence electrons. The Morgan fingerprint density at radius 2 is 1.78 bits per heavy atom. The standard InChI is InChI=1S/C19H16FN3O4/c1-26-18-6-4-13(20)9-15(18)16-10-14(21-11-22-16)7-12-3-5-19(27-2)17(8-12)23(24)25/h3-6,8-11H,7H2,1-2H3. The summed E-state index contributed by atoms with van der Waals surface area (Å²) in [6.45, 7) is 0. The summed E-state index contributed by atoms with van der Waals surface area (Å²) in [6.07, 6.45) is 1.71. The molecule has 7 nitrogen and oxygen atoms in total. The van der Waals surface area contributed by atoms with Crippen molar-refractivity contribution < 1.29 is 18.8 Å². The number of hydrogen-bond donors (Lipinski definition) is 0. The fourth-order valence-electron chi connectivity index (χ4n) is 2.72. The van der Waals surface area contributed by atoms with Crippen LogP contribution in [-0.2, 0) is 6.42 Å². The van der Waals surface area contributed by atoms with E-state index in [1.165, 1.54) is 44.8 Å². The van der Waals surface area contributed by atoms with E-state index in [1.807, 2.05) is 0 Å². The highest BCUT2D eigenvalue weighted by Gasteiger charge is 2.16. The number of ether oxygens (including phenoxy) is 2. The molecule has 0 spiro atoms. The third-order valence-electron chi connectivity index (χ3n) is 3.99. The van der Waals surface area contributed by atoms with Gasteiger partial charge < -0.3 is 9.47 Å². The van der Waals surface area contributed by atoms with Crippen molar-refractivity contribution in [2.45, 2.75) is 6.42 Å². The van der Waals surface area contributed by atoms with Crippen LogP contribution in [0.25, 0.3) is 11.3 Å². The molecule has 27 heavy (non-hydrogen) atoms. The van der Waals surface area contributed by atoms with Crippen LogP contribution in [0.15, 0.2) is 48.8 Å². The van der Waals surface area contributed by atoms with Gasteiger partial charge >= 0.3 is 5.69 Å². The number of aromatic nitrogens is 2. The van der Waals surface area contributed by atoms with Gasteiger partial charge in [-0.25, -0.2) is 14.4 Å². The number of nitrogens with zero attached hydrogens (tertiary/aromatic N) is 3. The molecule has 3 rings (SSSR count). The SMILES string of the molecule is COc1ccc(F)cc1-c1cc(Cc2ccc(OC)c([N+](=O)[O-])c2)ncn1. The quantitative estimate of drug-likeness (QED) is 0.485. The van der Waals surface area contributed by atoms with Gasteiger partial charge in [0.15, 0.2) is 5.75 Å². The maximum Gasteiger partial charge on any atom is 0.311 e. The van der Waals surface area contributed by atoms with Crippen LogP contribution in [0.5, 0.6) is 11.5 Å². The molecule has 0 amide bonds. The second-order valence-electron chi connectivity index (χ2n) is 5.68. The van der Waals surface area contributed by atoms with Crippen molar-refractivity contribution in [3.63, 3.8) is 0 Å². The van der Waals surface area contributed by atoms with E-state index in [9.17, 15) is 14.5 Å². The van der Waals surface area contributed by atoms with Gasteiger partial charge in [-0.05, 0) is 35.9 Å². The molecule has 0 radical (unpaired) electrons. The lowest BCUT2D eigenvalue weighted by Gasteiger charge is -2.09. The molecule has 1 heterocycles. The number of methoxy groups -OCH3 is 2. The number of rotatable bonds is 6. The minimum Gasteiger partial charge on any atom is -0.496 e. The van der Waals surface area contributed by atoms with E-state index in [4.69, 9.17) is 9.47 Å². The van der Waals surface area contributed by atoms with Crippen LogP contribution in [-0.4, -0.2) is 29.1 Å². The highest BCUT2D eigenvalue weighted by Crippen LogP contribution is 2.31. The van der Waals surface area contributed by atoms with E-state index >= 15 is 0 Å². The topological polar surface area (TPSA) is 87.4 Å². The zero-order valence-electron chi connectivity index (χ0n) is 14.7. The number of hydrogen-bond acceptors (Lipinski definition) is 6. The number of halogens is 1. The van der Waals surface area contributed by atoms with Crippen LogP contribution in [0.1, 0.15) is 11.3 Å². The molecule has 0 saturated carbocycles. The van der Waals surface area contributed by atoms with E-state index in [0.717, 1.165) is 0 Å². The van der Waals surface area contributed by atoms with Gasteiger partial charge in [-0.1, -0.05) is 6.07 Å². The third-order valence-corrected chi connectivity index (χ3v) is 3.99. The van der Waals surface area contributed by atoms with Gasteiger partial charge in [0.2, 0.25) is 0 Å². The Hall–Kier alpha value is -3.55. The molecular formula is C19H16FN3O4. The van der Waals surface area contributed by atoms with Crippen molar-refractivity contribution in [3.05, 3.63) is 76.0 Å². The first-order valence-corrected chi connectivity index (χ1v) is 7.98. The lowest BCUT2D eigenvalue weighted by Crippen LogP contribution is -1.99. The van der Waals surface area contributed by atoms with Crippen LogP contribution in [0.3, 0.4) is 0 Å². The first-order chi connectivity index (χ1) is 13.0. The van der Waals surface area contributed by atoms with Crippen LogP contribution in [0, 0.1) is 15.9 Å². The minimum atomic E-state index is -0.495. The van der Waals surface area contributed by atoms with Crippen molar-refractivity contribution in [3.8, 4) is 22.8 Å². The van der Waals surface area contributed by atoms with E-state index in [-0.39, 0.29) is 11.4 Å². The van der Waals surface area contributed by atoms with Crippen molar-refractivity contribution in [2.75, 3.05) is 14.2 Å². The Kier molecular flexibility index (Phi) is 5.25. The van der Waals surface area contributed by atoms with Crippen LogP contribution in [0.2, 0.25) is 0 Å². The monoisotopic (exact) mass is 369 g/mol. The molecule has 0 aliphatic heterocycles. The molecule has 1 aromatic heterocycles. The van der Waals surface area contributed by atoms with E-state index in [2.05, 4.69) is 9.97 Å². The van der Waals surface area contributed by atoms with Gasteiger partial charge in [-0.2, -0.15) is 0 Å². The molecule has 0 saturated heterocycles. The summed E-state index contributed by atoms with van der Waals surface area (Å²) in [5.41, 5.74) is 2.21. The lowest BCUT2D eigenvalue weighted by atomic mass is 10.1. The van der Waals surface area contributed by atoms with Crippen LogP contribution < -0.4 is 9.47 Å². The summed E-state index contributed by atoms with van der Waals surface area (Å²) in [7, 11) is 2.88. The second-order valence-corrected chi connectivity index (χ2v) is 5.68. The Bertz CT molecular complexity index is 994. The summed E-state index contributed by atoms with van der Waals surface area (Å²) >= 11 is 0. The molecule has 0 unspecified atom stereocenters. The predicted molar refractivity (Wildman–Crippen MR) is 96.4 cm³/mol. The van der Waals surface area contributed by atoms with Crippen molar-refractivity contribution >= 4 is 5.69 Å². The Balaban J connectivity index is 1.95. The average molecular weight is 369 g/mol. The predicted octanol–water partition coefficient (Wildman–Crippen LogP) is 3.80. The maximum absolute atomic E-state index is 13.6. The summed E-state index contributed by atoms with van der Waals surface area (Å²) in [5, 5.41) is 11.2. The van der Waals surface area contributed by atoms with Crippen LogP contribution in [0.4, 0.5) is 10.1 Å². The van der Waals surface area contributed by atoms with Gasteiger partial charge in [-0.3, -0.25) is 10.1 Å². The molecule has 0 aliphatic carbocycles. The minimum absolute atomic E-state index is 0.115. The fraction of sp³-hybridized carbons (Fsp3) is 0.158. The first-order valence-electron chi connectivity index (χ1n) is 7.98. The summed E-state index contributed by atoms with van der Waals surface area (Å²) in [5.74, 6) is 0.273. The summed E-state index contributed by atoms with van der Waals surface area (Å²) in [6, 6.07) is 10.6. The van der Waals surface area contributed by atoms with Gasteiger partial charge in [-0.15, -0.1) is 0 Å². The molecule has 3 aromatic rings. The van der Waals surface area contributed by atoms with E-state index in [1.54, 1.807) is 18.2 Å². The molecule has 2 aromatic carbocycles. The highest BCUT2D eigenvalue weighted by atomic mass is 19.1. The molecule has 0 N–H and O–H groups in total. The molecule has 0 aliphatic rings. The summed E-state index contributed by atoms with van der Waals surface area (Å²) < 4.78 is 23.9. The van der Waals surface area contributed by atoms with Gasteiger partial charge in [0.1, 0.15) is 17.9 Å². The van der Waals surface area contributed by atoms with Crippen molar-refractivity contribution in [2.24, 2.45) is 0 Å². The van der Waals surface area contributed by atoms with Gasteiger partial charge in [0, 0.05) is 23.7 Å². The molecule has 0 bridgehead atoms. The largest absolute Gasteiger partial charge is 0.496 e. The van der Waals surface area contributed by atoms with Crippen molar-refractivity contribution in [1.82, 2.24) is 9.97 Å². The molecule has 0 fully saturated rings. The smallest absolute Gasteiger partial charge is 0.311 e. The number of benzene rings is 2. The summed E-state index contributed by atoms with van der Waals surface area (Å²) in [4.78, 5) is 19.1. The van der Waals surface area contributed by atoms with Gasteiger partial charge in [0.25, 0.3) is 0 Å². The van der Waals surface area contributed by atoms with E-state index in [0.29, 0.717) is 34.7 Å². The Morgan fingerprint density at radius 1 is 1.04 bits per heavy atom. The second kappa shape index (κ2) is 7.77. The fourth-order valence-corrected chi connectivity index (χ4v) is 2.72. The molecular weight excluding hydrogens is 353 g/mol. The van der Waals surface area contributed by atoms with E-state index < -0.39 is 10.7 Å². The lowest BCUT2D eigenvalue weighted by molar-refractivity contribution is -0.385. The molecule has 0 atom stereocenters. The van der Waals surface area contributed by atoms with Gasteiger partial charge in [0.05, 0.1) is 24.8 Å². The van der Waals surface area contributed by atoms with Crippen LogP contribution >= 0.6 is 0 Å². The molecule has 8 heteroatoms. The Morgan fingerprint density at radius 3 is 2.48 bits per heavy atom. The average Bonchev–Trinajstić information content (AvgIpc) is 2.68. The zero-order valence-corrected chi connectivity index (χ0v) is 14.7. The normalized spacial score (nSPS) is 10.5. The number of nitro benzene ring substituents is 1. The Labute approximate surface area is 154 Å². The first kappa shape index (κ1) is 18.2. The van der Waals surface area contributed by atoms with Crippen molar-refractivity contribution in [1.29, 1.82) is 0 Å². The maximum atomic E-state index is 13.6. The number of nitro groups is 1. The third kappa shape index (κ3) is 4.00.